The van der Waals surface area contributed by atoms with Gasteiger partial charge < -0.3 is 5.32 Å². The van der Waals surface area contributed by atoms with Crippen LogP contribution in [0.5, 0.6) is 0 Å². The molecule has 0 atom stereocenters. The summed E-state index contributed by atoms with van der Waals surface area (Å²) in [6.07, 6.45) is 0. The van der Waals surface area contributed by atoms with E-state index in [0.717, 1.165) is 17.3 Å². The van der Waals surface area contributed by atoms with E-state index in [1.54, 1.807) is 36.4 Å². The smallest absolute Gasteiger partial charge is 0.266 e. The Hall–Kier alpha value is -3.16. The molecule has 0 unspecified atom stereocenters. The summed E-state index contributed by atoms with van der Waals surface area (Å²) in [5.41, 5.74) is 2.22. The molecule has 3 aromatic carbocycles. The lowest BCUT2D eigenvalue weighted by molar-refractivity contribution is -0.113. The number of nitrogens with zero attached hydrogens (tertiary/aromatic N) is 2. The molecule has 0 bridgehead atoms. The SMILES string of the molecule is Cc1ccc(Cl)cc1NC(=O)CSc1nc2ccccc2c(=O)n1-c1ccc(F)cc1. The summed E-state index contributed by atoms with van der Waals surface area (Å²) in [6, 6.07) is 17.8. The number of halogens is 2. The standard InChI is InChI=1S/C23H17ClFN3O2S/c1-14-6-7-15(24)12-20(14)26-21(29)13-31-23-27-19-5-3-2-4-18(19)22(30)28(23)17-10-8-16(25)9-11-17/h2-12H,13H2,1H3,(H,26,29). The molecule has 0 aliphatic carbocycles. The lowest BCUT2D eigenvalue weighted by Gasteiger charge is -2.13. The molecule has 1 amide bonds. The first kappa shape index (κ1) is 21.1. The van der Waals surface area contributed by atoms with E-state index in [-0.39, 0.29) is 17.2 Å². The minimum Gasteiger partial charge on any atom is -0.325 e. The number of benzene rings is 3. The largest absolute Gasteiger partial charge is 0.325 e. The van der Waals surface area contributed by atoms with E-state index in [4.69, 9.17) is 11.6 Å². The molecule has 5 nitrogen and oxygen atoms in total. The third-order valence-electron chi connectivity index (χ3n) is 4.64. The van der Waals surface area contributed by atoms with Gasteiger partial charge in [-0.2, -0.15) is 0 Å². The Kier molecular flexibility index (Phi) is 6.06. The first-order valence-electron chi connectivity index (χ1n) is 9.39. The zero-order valence-electron chi connectivity index (χ0n) is 16.4. The minimum absolute atomic E-state index is 0.0257. The van der Waals surface area contributed by atoms with E-state index in [1.165, 1.54) is 28.8 Å². The number of aryl methyl sites for hydroxylation is 1. The van der Waals surface area contributed by atoms with Crippen molar-refractivity contribution in [2.45, 2.75) is 12.1 Å². The molecule has 0 aliphatic rings. The second kappa shape index (κ2) is 8.91. The molecule has 156 valence electrons. The summed E-state index contributed by atoms with van der Waals surface area (Å²) < 4.78 is 14.8. The molecular weight excluding hydrogens is 437 g/mol. The number of rotatable bonds is 5. The average Bonchev–Trinajstić information content (AvgIpc) is 2.76. The molecule has 0 saturated heterocycles. The van der Waals surface area contributed by atoms with Gasteiger partial charge in [0.2, 0.25) is 5.91 Å². The predicted octanol–water partition coefficient (Wildman–Crippen LogP) is 5.22. The zero-order valence-corrected chi connectivity index (χ0v) is 18.0. The van der Waals surface area contributed by atoms with Crippen molar-refractivity contribution >= 4 is 45.9 Å². The summed E-state index contributed by atoms with van der Waals surface area (Å²) in [7, 11) is 0. The van der Waals surface area contributed by atoms with Gasteiger partial charge in [-0.15, -0.1) is 0 Å². The predicted molar refractivity (Wildman–Crippen MR) is 123 cm³/mol. The van der Waals surface area contributed by atoms with Gasteiger partial charge in [-0.3, -0.25) is 14.2 Å². The average molecular weight is 454 g/mol. The number of anilines is 1. The van der Waals surface area contributed by atoms with Gasteiger partial charge in [0, 0.05) is 10.7 Å². The monoisotopic (exact) mass is 453 g/mol. The van der Waals surface area contributed by atoms with E-state index in [2.05, 4.69) is 10.3 Å². The maximum atomic E-state index is 13.4. The van der Waals surface area contributed by atoms with Crippen LogP contribution in [0.3, 0.4) is 0 Å². The normalized spacial score (nSPS) is 10.9. The van der Waals surface area contributed by atoms with Gasteiger partial charge in [0.05, 0.1) is 22.3 Å². The number of aromatic nitrogens is 2. The molecule has 1 aromatic heterocycles. The van der Waals surface area contributed by atoms with Crippen molar-refractivity contribution < 1.29 is 9.18 Å². The molecule has 4 aromatic rings. The van der Waals surface area contributed by atoms with Crippen LogP contribution >= 0.6 is 23.4 Å². The van der Waals surface area contributed by atoms with Crippen LogP contribution in [0.25, 0.3) is 16.6 Å². The van der Waals surface area contributed by atoms with Crippen molar-refractivity contribution in [3.05, 3.63) is 93.5 Å². The van der Waals surface area contributed by atoms with Gasteiger partial charge >= 0.3 is 0 Å². The van der Waals surface area contributed by atoms with Gasteiger partial charge in [0.15, 0.2) is 5.16 Å². The highest BCUT2D eigenvalue weighted by Crippen LogP contribution is 2.23. The molecule has 1 N–H and O–H groups in total. The fourth-order valence-corrected chi connectivity index (χ4v) is 4.06. The van der Waals surface area contributed by atoms with Crippen LogP contribution in [0.15, 0.2) is 76.7 Å². The number of fused-ring (bicyclic) bond motifs is 1. The Bertz CT molecular complexity index is 1340. The van der Waals surface area contributed by atoms with E-state index in [0.29, 0.717) is 32.5 Å². The molecule has 0 aliphatic heterocycles. The molecule has 0 radical (unpaired) electrons. The maximum absolute atomic E-state index is 13.4. The molecular formula is C23H17ClFN3O2S. The van der Waals surface area contributed by atoms with Crippen molar-refractivity contribution in [2.75, 3.05) is 11.1 Å². The molecule has 0 saturated carbocycles. The number of nitrogens with one attached hydrogen (secondary N) is 1. The van der Waals surface area contributed by atoms with Crippen LogP contribution in [-0.4, -0.2) is 21.2 Å². The van der Waals surface area contributed by atoms with E-state index >= 15 is 0 Å². The first-order valence-corrected chi connectivity index (χ1v) is 10.8. The Morgan fingerprint density at radius 1 is 1.13 bits per heavy atom. The highest BCUT2D eigenvalue weighted by molar-refractivity contribution is 7.99. The highest BCUT2D eigenvalue weighted by Gasteiger charge is 2.15. The molecule has 1 heterocycles. The topological polar surface area (TPSA) is 64.0 Å². The molecule has 31 heavy (non-hydrogen) atoms. The van der Waals surface area contributed by atoms with Gasteiger partial charge in [-0.25, -0.2) is 9.37 Å². The summed E-state index contributed by atoms with van der Waals surface area (Å²) in [5.74, 6) is -0.641. The second-order valence-corrected chi connectivity index (χ2v) is 8.20. The van der Waals surface area contributed by atoms with Crippen LogP contribution < -0.4 is 10.9 Å². The fourth-order valence-electron chi connectivity index (χ4n) is 3.07. The minimum atomic E-state index is -0.406. The highest BCUT2D eigenvalue weighted by atomic mass is 35.5. The van der Waals surface area contributed by atoms with E-state index in [9.17, 15) is 14.0 Å². The number of hydrogen-bond donors (Lipinski definition) is 1. The summed E-state index contributed by atoms with van der Waals surface area (Å²) >= 11 is 7.14. The Labute approximate surface area is 186 Å². The Balaban J connectivity index is 1.67. The van der Waals surface area contributed by atoms with Crippen LogP contribution in [0, 0.1) is 12.7 Å². The van der Waals surface area contributed by atoms with E-state index in [1.807, 2.05) is 13.0 Å². The third-order valence-corrected chi connectivity index (χ3v) is 5.81. The molecule has 4 rings (SSSR count). The quantitative estimate of drug-likeness (QED) is 0.332. The number of amides is 1. The number of thioether (sulfide) groups is 1. The van der Waals surface area contributed by atoms with E-state index < -0.39 is 5.82 Å². The lowest BCUT2D eigenvalue weighted by atomic mass is 10.2. The number of carbonyl (C=O) groups is 1. The lowest BCUT2D eigenvalue weighted by Crippen LogP contribution is -2.23. The molecule has 0 fully saturated rings. The van der Waals surface area contributed by atoms with Gasteiger partial charge in [0.25, 0.3) is 5.56 Å². The molecule has 0 spiro atoms. The number of para-hydroxylation sites is 1. The first-order chi connectivity index (χ1) is 14.9. The summed E-state index contributed by atoms with van der Waals surface area (Å²) in [5, 5.41) is 4.13. The zero-order chi connectivity index (χ0) is 22.0. The van der Waals surface area contributed by atoms with Crippen LogP contribution in [-0.2, 0) is 4.79 Å². The van der Waals surface area contributed by atoms with Gasteiger partial charge in [-0.1, -0.05) is 41.6 Å². The third kappa shape index (κ3) is 4.62. The summed E-state index contributed by atoms with van der Waals surface area (Å²) in [4.78, 5) is 30.3. The fraction of sp³-hybridized carbons (Fsp3) is 0.0870. The van der Waals surface area contributed by atoms with Crippen molar-refractivity contribution in [3.63, 3.8) is 0 Å². The molecule has 8 heteroatoms. The second-order valence-electron chi connectivity index (χ2n) is 6.82. The Morgan fingerprint density at radius 2 is 1.87 bits per heavy atom. The van der Waals surface area contributed by atoms with Crippen molar-refractivity contribution in [3.8, 4) is 5.69 Å². The van der Waals surface area contributed by atoms with Gasteiger partial charge in [-0.05, 0) is 61.0 Å². The Morgan fingerprint density at radius 3 is 2.65 bits per heavy atom. The maximum Gasteiger partial charge on any atom is 0.266 e. The van der Waals surface area contributed by atoms with Crippen LogP contribution in [0.4, 0.5) is 10.1 Å². The number of hydrogen-bond acceptors (Lipinski definition) is 4. The van der Waals surface area contributed by atoms with Crippen molar-refractivity contribution in [1.82, 2.24) is 9.55 Å². The van der Waals surface area contributed by atoms with Gasteiger partial charge in [0.1, 0.15) is 5.82 Å². The van der Waals surface area contributed by atoms with Crippen molar-refractivity contribution in [2.24, 2.45) is 0 Å². The van der Waals surface area contributed by atoms with Crippen LogP contribution in [0.2, 0.25) is 5.02 Å². The number of carbonyl (C=O) groups excluding carboxylic acids is 1. The summed E-state index contributed by atoms with van der Waals surface area (Å²) in [6.45, 7) is 1.87. The van der Waals surface area contributed by atoms with Crippen LogP contribution in [0.1, 0.15) is 5.56 Å². The van der Waals surface area contributed by atoms with Crippen molar-refractivity contribution in [1.29, 1.82) is 0 Å².